The van der Waals surface area contributed by atoms with Crippen molar-refractivity contribution in [3.8, 4) is 5.75 Å². The van der Waals surface area contributed by atoms with Gasteiger partial charge in [-0.3, -0.25) is 0 Å². The van der Waals surface area contributed by atoms with Gasteiger partial charge in [-0.2, -0.15) is 13.2 Å². The Bertz CT molecular complexity index is 394. The zero-order valence-corrected chi connectivity index (χ0v) is 10.8. The lowest BCUT2D eigenvalue weighted by Gasteiger charge is -2.13. The number of hydrogen-bond donors (Lipinski definition) is 1. The zero-order chi connectivity index (χ0) is 14.3. The third-order valence-corrected chi connectivity index (χ3v) is 2.46. The van der Waals surface area contributed by atoms with Crippen molar-refractivity contribution >= 4 is 0 Å². The minimum absolute atomic E-state index is 0.0172. The van der Waals surface area contributed by atoms with E-state index in [0.29, 0.717) is 25.3 Å². The fourth-order valence-electron chi connectivity index (χ4n) is 1.60. The smallest absolute Gasteiger partial charge is 0.411 e. The Morgan fingerprint density at radius 3 is 2.58 bits per heavy atom. The third-order valence-electron chi connectivity index (χ3n) is 2.46. The van der Waals surface area contributed by atoms with E-state index in [4.69, 9.17) is 10.5 Å². The number of halogens is 3. The average molecular weight is 277 g/mol. The van der Waals surface area contributed by atoms with Crippen LogP contribution in [-0.4, -0.2) is 26.0 Å². The average Bonchev–Trinajstić information content (AvgIpc) is 2.33. The summed E-state index contributed by atoms with van der Waals surface area (Å²) in [7, 11) is 0. The van der Waals surface area contributed by atoms with E-state index in [0.717, 1.165) is 11.1 Å². The number of aryl methyl sites for hydroxylation is 1. The second-order valence-electron chi connectivity index (χ2n) is 4.14. The SMILES string of the molecule is Cc1cccc(CN)c1OCCCOCC(F)(F)F. The number of hydrogen-bond acceptors (Lipinski definition) is 3. The third kappa shape index (κ3) is 5.94. The van der Waals surface area contributed by atoms with E-state index in [1.807, 2.05) is 25.1 Å². The molecule has 0 radical (unpaired) electrons. The molecule has 0 bridgehead atoms. The van der Waals surface area contributed by atoms with Gasteiger partial charge in [0.25, 0.3) is 0 Å². The van der Waals surface area contributed by atoms with E-state index in [9.17, 15) is 13.2 Å². The van der Waals surface area contributed by atoms with Gasteiger partial charge in [-0.15, -0.1) is 0 Å². The highest BCUT2D eigenvalue weighted by atomic mass is 19.4. The summed E-state index contributed by atoms with van der Waals surface area (Å²) in [6.07, 6.45) is -3.88. The van der Waals surface area contributed by atoms with Gasteiger partial charge in [0.1, 0.15) is 12.4 Å². The fraction of sp³-hybridized carbons (Fsp3) is 0.538. The van der Waals surface area contributed by atoms with Crippen LogP contribution in [0.15, 0.2) is 18.2 Å². The predicted octanol–water partition coefficient (Wildman–Crippen LogP) is 2.80. The van der Waals surface area contributed by atoms with Gasteiger partial charge in [-0.1, -0.05) is 18.2 Å². The van der Waals surface area contributed by atoms with E-state index in [1.54, 1.807) is 0 Å². The number of ether oxygens (including phenoxy) is 2. The molecule has 1 aromatic carbocycles. The van der Waals surface area contributed by atoms with Gasteiger partial charge in [0.05, 0.1) is 13.2 Å². The minimum atomic E-state index is -4.27. The normalized spacial score (nSPS) is 11.6. The van der Waals surface area contributed by atoms with Crippen molar-refractivity contribution < 1.29 is 22.6 Å². The van der Waals surface area contributed by atoms with E-state index in [2.05, 4.69) is 4.74 Å². The molecule has 1 aromatic rings. The van der Waals surface area contributed by atoms with Crippen LogP contribution in [-0.2, 0) is 11.3 Å². The summed E-state index contributed by atoms with van der Waals surface area (Å²) < 4.78 is 45.5. The maximum Gasteiger partial charge on any atom is 0.411 e. The first-order valence-corrected chi connectivity index (χ1v) is 6.00. The lowest BCUT2D eigenvalue weighted by Crippen LogP contribution is -2.18. The molecule has 0 amide bonds. The van der Waals surface area contributed by atoms with Gasteiger partial charge < -0.3 is 15.2 Å². The maximum absolute atomic E-state index is 11.8. The Labute approximate surface area is 110 Å². The molecule has 0 fully saturated rings. The quantitative estimate of drug-likeness (QED) is 0.779. The predicted molar refractivity (Wildman–Crippen MR) is 66.1 cm³/mol. The van der Waals surface area contributed by atoms with E-state index >= 15 is 0 Å². The van der Waals surface area contributed by atoms with Gasteiger partial charge in [-0.25, -0.2) is 0 Å². The largest absolute Gasteiger partial charge is 0.493 e. The van der Waals surface area contributed by atoms with Crippen LogP contribution in [0.4, 0.5) is 13.2 Å². The summed E-state index contributed by atoms with van der Waals surface area (Å²) >= 11 is 0. The molecule has 3 nitrogen and oxygen atoms in total. The number of rotatable bonds is 7. The van der Waals surface area contributed by atoms with Crippen LogP contribution in [0, 0.1) is 6.92 Å². The highest BCUT2D eigenvalue weighted by Crippen LogP contribution is 2.23. The summed E-state index contributed by atoms with van der Waals surface area (Å²) in [5, 5.41) is 0. The van der Waals surface area contributed by atoms with Crippen LogP contribution < -0.4 is 10.5 Å². The molecule has 0 saturated carbocycles. The Hall–Kier alpha value is -1.27. The maximum atomic E-state index is 11.8. The van der Waals surface area contributed by atoms with E-state index in [-0.39, 0.29) is 6.61 Å². The highest BCUT2D eigenvalue weighted by Gasteiger charge is 2.27. The highest BCUT2D eigenvalue weighted by molar-refractivity contribution is 5.40. The Morgan fingerprint density at radius 2 is 1.95 bits per heavy atom. The summed E-state index contributed by atoms with van der Waals surface area (Å²) in [5.74, 6) is 0.709. The molecular weight excluding hydrogens is 259 g/mol. The van der Waals surface area contributed by atoms with E-state index in [1.165, 1.54) is 0 Å². The Morgan fingerprint density at radius 1 is 1.21 bits per heavy atom. The first-order valence-electron chi connectivity index (χ1n) is 6.00. The molecule has 19 heavy (non-hydrogen) atoms. The van der Waals surface area contributed by atoms with Crippen LogP contribution in [0.3, 0.4) is 0 Å². The first kappa shape index (κ1) is 15.8. The van der Waals surface area contributed by atoms with Crippen LogP contribution in [0.25, 0.3) is 0 Å². The molecule has 0 aliphatic rings. The second kappa shape index (κ2) is 7.35. The van der Waals surface area contributed by atoms with Gasteiger partial charge >= 0.3 is 6.18 Å². The molecule has 0 aliphatic carbocycles. The fourth-order valence-corrected chi connectivity index (χ4v) is 1.60. The van der Waals surface area contributed by atoms with Crippen molar-refractivity contribution in [2.75, 3.05) is 19.8 Å². The van der Waals surface area contributed by atoms with Crippen molar-refractivity contribution in [1.82, 2.24) is 0 Å². The number of para-hydroxylation sites is 1. The number of alkyl halides is 3. The van der Waals surface area contributed by atoms with Crippen molar-refractivity contribution in [2.45, 2.75) is 26.1 Å². The Kier molecular flexibility index (Phi) is 6.11. The van der Waals surface area contributed by atoms with Gasteiger partial charge in [-0.05, 0) is 12.5 Å². The summed E-state index contributed by atoms with van der Waals surface area (Å²) in [5.41, 5.74) is 7.43. The molecule has 0 atom stereocenters. The molecule has 0 unspecified atom stereocenters. The molecule has 1 rings (SSSR count). The molecule has 0 aliphatic heterocycles. The van der Waals surface area contributed by atoms with Crippen molar-refractivity contribution in [1.29, 1.82) is 0 Å². The monoisotopic (exact) mass is 277 g/mol. The standard InChI is InChI=1S/C13H18F3NO2/c1-10-4-2-5-11(8-17)12(10)19-7-3-6-18-9-13(14,15)16/h2,4-5H,3,6-9,17H2,1H3. The van der Waals surface area contributed by atoms with Crippen LogP contribution in [0.5, 0.6) is 5.75 Å². The van der Waals surface area contributed by atoms with Crippen molar-refractivity contribution in [2.24, 2.45) is 5.73 Å². The van der Waals surface area contributed by atoms with Gasteiger partial charge in [0, 0.05) is 18.5 Å². The summed E-state index contributed by atoms with van der Waals surface area (Å²) in [6, 6.07) is 5.65. The molecule has 108 valence electrons. The summed E-state index contributed by atoms with van der Waals surface area (Å²) in [6.45, 7) is 1.36. The Balaban J connectivity index is 2.30. The number of benzene rings is 1. The van der Waals surface area contributed by atoms with Gasteiger partial charge in [0.2, 0.25) is 0 Å². The molecule has 0 spiro atoms. The summed E-state index contributed by atoms with van der Waals surface area (Å²) in [4.78, 5) is 0. The van der Waals surface area contributed by atoms with Crippen molar-refractivity contribution in [3.05, 3.63) is 29.3 Å². The second-order valence-corrected chi connectivity index (χ2v) is 4.14. The topological polar surface area (TPSA) is 44.5 Å². The lowest BCUT2D eigenvalue weighted by molar-refractivity contribution is -0.174. The first-order chi connectivity index (χ1) is 8.94. The molecule has 0 heterocycles. The molecule has 0 aromatic heterocycles. The van der Waals surface area contributed by atoms with Crippen LogP contribution >= 0.6 is 0 Å². The van der Waals surface area contributed by atoms with Crippen molar-refractivity contribution in [3.63, 3.8) is 0 Å². The molecule has 6 heteroatoms. The van der Waals surface area contributed by atoms with Gasteiger partial charge in [0.15, 0.2) is 0 Å². The van der Waals surface area contributed by atoms with Crippen LogP contribution in [0.1, 0.15) is 17.5 Å². The zero-order valence-electron chi connectivity index (χ0n) is 10.8. The van der Waals surface area contributed by atoms with E-state index < -0.39 is 12.8 Å². The molecular formula is C13H18F3NO2. The lowest BCUT2D eigenvalue weighted by atomic mass is 10.1. The minimum Gasteiger partial charge on any atom is -0.493 e. The number of nitrogens with two attached hydrogens (primary N) is 1. The molecule has 0 saturated heterocycles. The van der Waals surface area contributed by atoms with Crippen LogP contribution in [0.2, 0.25) is 0 Å². The molecule has 2 N–H and O–H groups in total.